The zero-order valence-electron chi connectivity index (χ0n) is 14.0. The Kier molecular flexibility index (Phi) is 5.82. The summed E-state index contributed by atoms with van der Waals surface area (Å²) >= 11 is 0. The summed E-state index contributed by atoms with van der Waals surface area (Å²) in [6.07, 6.45) is 11.4. The number of nitrogens with two attached hydrogens (primary N) is 1. The van der Waals surface area contributed by atoms with Crippen LogP contribution in [0.5, 0.6) is 0 Å². The number of rotatable bonds is 7. The molecule has 1 heterocycles. The number of nitrogens with zero attached hydrogens (tertiary/aromatic N) is 3. The number of hydrogen-bond acceptors (Lipinski definition) is 3. The summed E-state index contributed by atoms with van der Waals surface area (Å²) in [5.74, 6) is 2.08. The second-order valence-electron chi connectivity index (χ2n) is 6.56. The fourth-order valence-electron chi connectivity index (χ4n) is 3.88. The Morgan fingerprint density at radius 2 is 2.10 bits per heavy atom. The van der Waals surface area contributed by atoms with Crippen LogP contribution in [0.4, 0.5) is 0 Å². The van der Waals surface area contributed by atoms with Gasteiger partial charge in [-0.05, 0) is 38.1 Å². The normalized spacial score (nSPS) is 26.4. The molecule has 4 heteroatoms. The molecule has 4 nitrogen and oxygen atoms in total. The van der Waals surface area contributed by atoms with Crippen LogP contribution in [0, 0.1) is 5.92 Å². The summed E-state index contributed by atoms with van der Waals surface area (Å²) in [4.78, 5) is 7.06. The minimum absolute atomic E-state index is 0.228. The lowest BCUT2D eigenvalue weighted by molar-refractivity contribution is 0.0462. The lowest BCUT2D eigenvalue weighted by atomic mass is 9.74. The molecule has 120 valence electrons. The molecule has 0 saturated heterocycles. The molecule has 21 heavy (non-hydrogen) atoms. The zero-order valence-corrected chi connectivity index (χ0v) is 14.0. The summed E-state index contributed by atoms with van der Waals surface area (Å²) in [6, 6.07) is 0. The second kappa shape index (κ2) is 7.41. The van der Waals surface area contributed by atoms with E-state index in [2.05, 4.69) is 35.3 Å². The van der Waals surface area contributed by atoms with Gasteiger partial charge in [-0.1, -0.05) is 20.3 Å². The van der Waals surface area contributed by atoms with E-state index >= 15 is 0 Å². The van der Waals surface area contributed by atoms with Crippen molar-refractivity contribution in [3.63, 3.8) is 0 Å². The summed E-state index contributed by atoms with van der Waals surface area (Å²) in [6.45, 7) is 7.52. The average molecular weight is 292 g/mol. The minimum atomic E-state index is 0.228. The molecule has 2 rings (SSSR count). The molecular weight excluding hydrogens is 260 g/mol. The highest BCUT2D eigenvalue weighted by Crippen LogP contribution is 2.37. The first kappa shape index (κ1) is 16.5. The summed E-state index contributed by atoms with van der Waals surface area (Å²) in [7, 11) is 2.07. The third-order valence-corrected chi connectivity index (χ3v) is 5.57. The minimum Gasteiger partial charge on any atom is -0.338 e. The van der Waals surface area contributed by atoms with Crippen LogP contribution >= 0.6 is 0 Å². The van der Waals surface area contributed by atoms with Crippen molar-refractivity contribution in [1.29, 1.82) is 0 Å². The molecule has 1 aromatic heterocycles. The molecule has 0 amide bonds. The zero-order chi connectivity index (χ0) is 15.3. The molecule has 0 radical (unpaired) electrons. The maximum atomic E-state index is 6.22. The molecule has 0 unspecified atom stereocenters. The predicted molar refractivity (Wildman–Crippen MR) is 88.2 cm³/mol. The van der Waals surface area contributed by atoms with Crippen molar-refractivity contribution in [3.05, 3.63) is 18.2 Å². The molecule has 2 N–H and O–H groups in total. The molecule has 0 atom stereocenters. The van der Waals surface area contributed by atoms with Crippen molar-refractivity contribution in [2.24, 2.45) is 18.7 Å². The van der Waals surface area contributed by atoms with E-state index in [1.165, 1.54) is 37.9 Å². The monoisotopic (exact) mass is 292 g/mol. The molecule has 0 aliphatic heterocycles. The van der Waals surface area contributed by atoms with Gasteiger partial charge < -0.3 is 10.3 Å². The van der Waals surface area contributed by atoms with E-state index in [1.54, 1.807) is 0 Å². The highest BCUT2D eigenvalue weighted by Gasteiger charge is 2.38. The molecule has 1 aliphatic carbocycles. The molecule has 0 bridgehead atoms. The van der Waals surface area contributed by atoms with Crippen LogP contribution in [0.1, 0.15) is 51.8 Å². The maximum Gasteiger partial charge on any atom is 0.109 e. The van der Waals surface area contributed by atoms with Crippen LogP contribution in [0.3, 0.4) is 0 Å². The van der Waals surface area contributed by atoms with Gasteiger partial charge in [-0.25, -0.2) is 4.98 Å². The summed E-state index contributed by atoms with van der Waals surface area (Å²) in [5.41, 5.74) is 6.45. The van der Waals surface area contributed by atoms with E-state index in [1.807, 2.05) is 12.4 Å². The van der Waals surface area contributed by atoms with Crippen molar-refractivity contribution < 1.29 is 0 Å². The Balaban J connectivity index is 1.99. The van der Waals surface area contributed by atoms with Gasteiger partial charge in [0, 0.05) is 44.5 Å². The third kappa shape index (κ3) is 3.67. The average Bonchev–Trinajstić information content (AvgIpc) is 2.93. The van der Waals surface area contributed by atoms with Gasteiger partial charge in [0.1, 0.15) is 5.82 Å². The van der Waals surface area contributed by atoms with Gasteiger partial charge in [0.15, 0.2) is 0 Å². The van der Waals surface area contributed by atoms with Crippen molar-refractivity contribution in [1.82, 2.24) is 14.5 Å². The van der Waals surface area contributed by atoms with Gasteiger partial charge in [-0.15, -0.1) is 0 Å². The van der Waals surface area contributed by atoms with Gasteiger partial charge >= 0.3 is 0 Å². The van der Waals surface area contributed by atoms with Crippen LogP contribution in [0.2, 0.25) is 0 Å². The maximum absolute atomic E-state index is 6.22. The van der Waals surface area contributed by atoms with E-state index in [0.717, 1.165) is 32.0 Å². The lowest BCUT2D eigenvalue weighted by Gasteiger charge is -2.47. The standard InChI is InChI=1S/C17H32N4/c1-4-15-6-9-17(14-18,10-7-15)21(5-2)12-8-16-19-11-13-20(16)3/h11,13,15H,4-10,12,14,18H2,1-3H3. The first-order valence-electron chi connectivity index (χ1n) is 8.56. The number of hydrogen-bond donors (Lipinski definition) is 1. The number of imidazole rings is 1. The Morgan fingerprint density at radius 1 is 1.38 bits per heavy atom. The fraction of sp³-hybridized carbons (Fsp3) is 0.824. The van der Waals surface area contributed by atoms with Gasteiger partial charge in [0.2, 0.25) is 0 Å². The molecule has 0 spiro atoms. The van der Waals surface area contributed by atoms with Gasteiger partial charge in [0.05, 0.1) is 0 Å². The van der Waals surface area contributed by atoms with E-state index in [0.29, 0.717) is 0 Å². The van der Waals surface area contributed by atoms with Crippen LogP contribution in [0.25, 0.3) is 0 Å². The number of aryl methyl sites for hydroxylation is 1. The van der Waals surface area contributed by atoms with Crippen molar-refractivity contribution in [3.8, 4) is 0 Å². The highest BCUT2D eigenvalue weighted by atomic mass is 15.2. The SMILES string of the molecule is CCC1CCC(CN)(N(CC)CCc2nccn2C)CC1. The molecule has 1 aliphatic rings. The smallest absolute Gasteiger partial charge is 0.109 e. The summed E-state index contributed by atoms with van der Waals surface area (Å²) < 4.78 is 2.12. The van der Waals surface area contributed by atoms with Crippen LogP contribution < -0.4 is 5.73 Å². The van der Waals surface area contributed by atoms with Gasteiger partial charge in [-0.2, -0.15) is 0 Å². The quantitative estimate of drug-likeness (QED) is 0.840. The molecule has 0 aromatic carbocycles. The fourth-order valence-corrected chi connectivity index (χ4v) is 3.88. The van der Waals surface area contributed by atoms with Crippen LogP contribution in [-0.2, 0) is 13.5 Å². The van der Waals surface area contributed by atoms with Gasteiger partial charge in [0.25, 0.3) is 0 Å². The Morgan fingerprint density at radius 3 is 2.57 bits per heavy atom. The molecular formula is C17H32N4. The topological polar surface area (TPSA) is 47.1 Å². The first-order valence-corrected chi connectivity index (χ1v) is 8.56. The van der Waals surface area contributed by atoms with Crippen LogP contribution in [-0.4, -0.2) is 39.6 Å². The predicted octanol–water partition coefficient (Wildman–Crippen LogP) is 2.58. The largest absolute Gasteiger partial charge is 0.338 e. The van der Waals surface area contributed by atoms with Crippen molar-refractivity contribution >= 4 is 0 Å². The highest BCUT2D eigenvalue weighted by molar-refractivity contribution is 4.98. The lowest BCUT2D eigenvalue weighted by Crippen LogP contribution is -2.56. The van der Waals surface area contributed by atoms with Gasteiger partial charge in [-0.3, -0.25) is 4.90 Å². The van der Waals surface area contributed by atoms with Crippen molar-refractivity contribution in [2.75, 3.05) is 19.6 Å². The molecule has 1 fully saturated rings. The summed E-state index contributed by atoms with van der Waals surface area (Å²) in [5, 5.41) is 0. The molecule has 1 aromatic rings. The molecule has 1 saturated carbocycles. The Bertz CT molecular complexity index is 418. The second-order valence-corrected chi connectivity index (χ2v) is 6.56. The Hall–Kier alpha value is -0.870. The first-order chi connectivity index (χ1) is 10.1. The van der Waals surface area contributed by atoms with E-state index in [-0.39, 0.29) is 5.54 Å². The van der Waals surface area contributed by atoms with E-state index < -0.39 is 0 Å². The van der Waals surface area contributed by atoms with E-state index in [4.69, 9.17) is 5.73 Å². The number of aromatic nitrogens is 2. The number of likely N-dealkylation sites (N-methyl/N-ethyl adjacent to an activating group) is 1. The third-order valence-electron chi connectivity index (χ3n) is 5.57. The Labute approximate surface area is 129 Å². The van der Waals surface area contributed by atoms with Crippen LogP contribution in [0.15, 0.2) is 12.4 Å². The van der Waals surface area contributed by atoms with E-state index in [9.17, 15) is 0 Å². The van der Waals surface area contributed by atoms with Crippen molar-refractivity contribution in [2.45, 2.75) is 57.9 Å².